The Morgan fingerprint density at radius 2 is 1.97 bits per heavy atom. The molecule has 0 heterocycles. The molecule has 1 amide bonds. The summed E-state index contributed by atoms with van der Waals surface area (Å²) in [5, 5.41) is 12.9. The number of allylic oxidation sites excluding steroid dienone is 1. The monoisotopic (exact) mass is 490 g/mol. The van der Waals surface area contributed by atoms with Crippen LogP contribution in [0, 0.1) is 24.1 Å². The zero-order chi connectivity index (χ0) is 25.4. The van der Waals surface area contributed by atoms with Crippen LogP contribution in [0.15, 0.2) is 72.8 Å². The van der Waals surface area contributed by atoms with Crippen molar-refractivity contribution < 1.29 is 18.7 Å². The van der Waals surface area contributed by atoms with Crippen molar-refractivity contribution in [2.45, 2.75) is 20.0 Å². The van der Waals surface area contributed by atoms with Crippen LogP contribution in [0.25, 0.3) is 6.08 Å². The Morgan fingerprint density at radius 1 is 1.23 bits per heavy atom. The summed E-state index contributed by atoms with van der Waals surface area (Å²) < 4.78 is 24.7. The van der Waals surface area contributed by atoms with E-state index in [0.29, 0.717) is 39.8 Å². The van der Waals surface area contributed by atoms with Crippen LogP contribution >= 0.6 is 11.6 Å². The number of benzene rings is 3. The third-order valence-electron chi connectivity index (χ3n) is 5.23. The van der Waals surface area contributed by atoms with E-state index >= 15 is 0 Å². The van der Waals surface area contributed by atoms with Crippen LogP contribution in [0.5, 0.6) is 11.5 Å². The number of hydrogen-bond donors (Lipinski definition) is 1. The highest BCUT2D eigenvalue weighted by molar-refractivity contribution is 6.31. The van der Waals surface area contributed by atoms with Crippen LogP contribution < -0.4 is 14.8 Å². The number of nitrogens with one attached hydrogen (secondary N) is 1. The van der Waals surface area contributed by atoms with Gasteiger partial charge in [0.15, 0.2) is 11.5 Å². The molecular weight excluding hydrogens is 467 g/mol. The number of carbonyl (C=O) groups is 1. The lowest BCUT2D eigenvalue weighted by molar-refractivity contribution is -0.112. The number of amides is 1. The van der Waals surface area contributed by atoms with E-state index in [1.165, 1.54) is 25.3 Å². The summed E-state index contributed by atoms with van der Waals surface area (Å²) in [7, 11) is 1.51. The summed E-state index contributed by atoms with van der Waals surface area (Å²) in [6.07, 6.45) is 3.66. The molecule has 178 valence electrons. The first kappa shape index (κ1) is 25.5. The molecular formula is C28H24ClFN2O3. The molecule has 0 fully saturated rings. The lowest BCUT2D eigenvalue weighted by Crippen LogP contribution is -2.14. The molecule has 0 unspecified atom stereocenters. The van der Waals surface area contributed by atoms with E-state index in [9.17, 15) is 14.4 Å². The number of carbonyl (C=O) groups excluding carboxylic acids is 1. The maximum Gasteiger partial charge on any atom is 0.266 e. The minimum Gasteiger partial charge on any atom is -0.493 e. The summed E-state index contributed by atoms with van der Waals surface area (Å²) in [5.74, 6) is 0.0592. The van der Waals surface area contributed by atoms with Gasteiger partial charge in [-0.3, -0.25) is 4.79 Å². The van der Waals surface area contributed by atoms with Gasteiger partial charge in [0.2, 0.25) is 0 Å². The van der Waals surface area contributed by atoms with Crippen LogP contribution in [0.1, 0.15) is 22.3 Å². The smallest absolute Gasteiger partial charge is 0.266 e. The topological polar surface area (TPSA) is 71.4 Å². The fraction of sp³-hybridized carbons (Fsp3) is 0.143. The van der Waals surface area contributed by atoms with E-state index in [1.54, 1.807) is 55.5 Å². The van der Waals surface area contributed by atoms with E-state index in [-0.39, 0.29) is 18.0 Å². The highest BCUT2D eigenvalue weighted by Gasteiger charge is 2.16. The normalized spacial score (nSPS) is 10.9. The van der Waals surface area contributed by atoms with Gasteiger partial charge in [0.05, 0.1) is 7.11 Å². The maximum absolute atomic E-state index is 13.2. The van der Waals surface area contributed by atoms with Crippen molar-refractivity contribution in [2.24, 2.45) is 0 Å². The molecule has 0 spiro atoms. The zero-order valence-corrected chi connectivity index (χ0v) is 20.2. The Kier molecular flexibility index (Phi) is 8.66. The molecule has 0 saturated heterocycles. The van der Waals surface area contributed by atoms with Gasteiger partial charge < -0.3 is 14.8 Å². The minimum absolute atomic E-state index is 0.0871. The van der Waals surface area contributed by atoms with Gasteiger partial charge in [-0.25, -0.2) is 4.39 Å². The Balaban J connectivity index is 1.91. The number of nitriles is 1. The van der Waals surface area contributed by atoms with Gasteiger partial charge >= 0.3 is 0 Å². The molecule has 3 aromatic rings. The molecule has 3 aromatic carbocycles. The molecule has 0 radical (unpaired) electrons. The van der Waals surface area contributed by atoms with Crippen molar-refractivity contribution in [3.63, 3.8) is 0 Å². The summed E-state index contributed by atoms with van der Waals surface area (Å²) >= 11 is 6.13. The third-order valence-corrected chi connectivity index (χ3v) is 5.64. The molecule has 5 nitrogen and oxygen atoms in total. The van der Waals surface area contributed by atoms with E-state index in [0.717, 1.165) is 11.1 Å². The SMILES string of the molecule is C=CCc1cc(/C=C(\C#N)C(=O)Nc2cccc(Cl)c2C)cc(OC)c1OCc1ccc(F)cc1. The van der Waals surface area contributed by atoms with Gasteiger partial charge in [-0.05, 0) is 72.5 Å². The molecule has 0 aliphatic carbocycles. The van der Waals surface area contributed by atoms with Gasteiger partial charge in [0.1, 0.15) is 24.1 Å². The summed E-state index contributed by atoms with van der Waals surface area (Å²) in [6, 6.07) is 16.6. The van der Waals surface area contributed by atoms with Gasteiger partial charge in [-0.2, -0.15) is 5.26 Å². The summed E-state index contributed by atoms with van der Waals surface area (Å²) in [6.45, 7) is 5.79. The minimum atomic E-state index is -0.557. The first-order valence-electron chi connectivity index (χ1n) is 10.7. The molecule has 7 heteroatoms. The summed E-state index contributed by atoms with van der Waals surface area (Å²) in [5.41, 5.74) is 3.28. The molecule has 0 aromatic heterocycles. The van der Waals surface area contributed by atoms with Gasteiger partial charge in [-0.15, -0.1) is 6.58 Å². The second kappa shape index (κ2) is 11.9. The number of hydrogen-bond acceptors (Lipinski definition) is 4. The maximum atomic E-state index is 13.2. The molecule has 1 N–H and O–H groups in total. The highest BCUT2D eigenvalue weighted by Crippen LogP contribution is 2.35. The van der Waals surface area contributed by atoms with Crippen molar-refractivity contribution in [1.82, 2.24) is 0 Å². The fourth-order valence-electron chi connectivity index (χ4n) is 3.37. The zero-order valence-electron chi connectivity index (χ0n) is 19.4. The van der Waals surface area contributed by atoms with Crippen LogP contribution in [-0.4, -0.2) is 13.0 Å². The van der Waals surface area contributed by atoms with Gasteiger partial charge in [-0.1, -0.05) is 35.9 Å². The molecule has 0 atom stereocenters. The van der Waals surface area contributed by atoms with Crippen LogP contribution in [0.3, 0.4) is 0 Å². The van der Waals surface area contributed by atoms with Crippen molar-refractivity contribution in [3.8, 4) is 17.6 Å². The van der Waals surface area contributed by atoms with Gasteiger partial charge in [0.25, 0.3) is 5.91 Å². The van der Waals surface area contributed by atoms with E-state index in [4.69, 9.17) is 21.1 Å². The van der Waals surface area contributed by atoms with Crippen LogP contribution in [0.4, 0.5) is 10.1 Å². The number of anilines is 1. The van der Waals surface area contributed by atoms with Crippen molar-refractivity contribution in [2.75, 3.05) is 12.4 Å². The predicted molar refractivity (Wildman–Crippen MR) is 136 cm³/mol. The quantitative estimate of drug-likeness (QED) is 0.207. The Hall–Kier alpha value is -4.08. The Labute approximate surface area is 209 Å². The van der Waals surface area contributed by atoms with Crippen molar-refractivity contribution >= 4 is 29.3 Å². The lowest BCUT2D eigenvalue weighted by Gasteiger charge is -2.16. The van der Waals surface area contributed by atoms with Gasteiger partial charge in [0, 0.05) is 16.3 Å². The summed E-state index contributed by atoms with van der Waals surface area (Å²) in [4.78, 5) is 12.8. The second-order valence-corrected chi connectivity index (χ2v) is 8.06. The van der Waals surface area contributed by atoms with E-state index in [1.807, 2.05) is 6.07 Å². The average Bonchev–Trinajstić information content (AvgIpc) is 2.85. The highest BCUT2D eigenvalue weighted by atomic mass is 35.5. The Morgan fingerprint density at radius 3 is 2.63 bits per heavy atom. The fourth-order valence-corrected chi connectivity index (χ4v) is 3.55. The molecule has 35 heavy (non-hydrogen) atoms. The molecule has 0 aliphatic heterocycles. The second-order valence-electron chi connectivity index (χ2n) is 7.66. The first-order valence-corrected chi connectivity index (χ1v) is 11.1. The number of nitrogens with zero attached hydrogens (tertiary/aromatic N) is 1. The standard InChI is InChI=1S/C28H24ClFN2O3/c1-4-6-21-13-20(14-22(16-31)28(33)32-25-8-5-7-24(29)18(25)2)15-26(34-3)27(21)35-17-19-9-11-23(30)12-10-19/h4-5,7-15H,1,6,17H2,2-3H3,(H,32,33)/b22-14+. The lowest BCUT2D eigenvalue weighted by atomic mass is 10.0. The van der Waals surface area contributed by atoms with Crippen molar-refractivity contribution in [1.29, 1.82) is 5.26 Å². The van der Waals surface area contributed by atoms with E-state index in [2.05, 4.69) is 11.9 Å². The molecule has 0 bridgehead atoms. The van der Waals surface area contributed by atoms with Crippen LogP contribution in [-0.2, 0) is 17.8 Å². The number of ether oxygens (including phenoxy) is 2. The number of methoxy groups -OCH3 is 1. The van der Waals surface area contributed by atoms with Crippen LogP contribution in [0.2, 0.25) is 5.02 Å². The third kappa shape index (κ3) is 6.50. The first-order chi connectivity index (χ1) is 16.9. The average molecular weight is 491 g/mol. The Bertz CT molecular complexity index is 1310. The number of halogens is 2. The van der Waals surface area contributed by atoms with Crippen molar-refractivity contribution in [3.05, 3.63) is 106 Å². The molecule has 3 rings (SSSR count). The largest absolute Gasteiger partial charge is 0.493 e. The number of rotatable bonds is 9. The predicted octanol–water partition coefficient (Wildman–Crippen LogP) is 6.65. The van der Waals surface area contributed by atoms with E-state index < -0.39 is 5.91 Å². The molecule has 0 aliphatic rings. The molecule has 0 saturated carbocycles.